The number of para-hydroxylation sites is 2. The van der Waals surface area contributed by atoms with Gasteiger partial charge in [-0.2, -0.15) is 0 Å². The highest BCUT2D eigenvalue weighted by Crippen LogP contribution is 2.26. The molecule has 0 bridgehead atoms. The molecule has 0 atom stereocenters. The molecule has 1 amide bonds. The lowest BCUT2D eigenvalue weighted by atomic mass is 10.2. The van der Waals surface area contributed by atoms with Gasteiger partial charge in [-0.15, -0.1) is 10.2 Å². The summed E-state index contributed by atoms with van der Waals surface area (Å²) in [6.45, 7) is 0. The first-order chi connectivity index (χ1) is 11.6. The van der Waals surface area contributed by atoms with Gasteiger partial charge in [0.05, 0.1) is 11.4 Å². The smallest absolute Gasteiger partial charge is 0.277 e. The van der Waals surface area contributed by atoms with Crippen LogP contribution < -0.4 is 5.32 Å². The van der Waals surface area contributed by atoms with Gasteiger partial charge in [-0.25, -0.2) is 0 Å². The summed E-state index contributed by atoms with van der Waals surface area (Å²) in [6.07, 6.45) is 0. The Morgan fingerprint density at radius 3 is 2.83 bits per heavy atom. The van der Waals surface area contributed by atoms with Crippen LogP contribution >= 0.6 is 27.7 Å². The minimum Gasteiger partial charge on any atom is -0.506 e. The van der Waals surface area contributed by atoms with E-state index in [0.29, 0.717) is 16.8 Å². The standard InChI is InChI=1S/C16H12BrN3O3S/c17-11-5-3-4-10(8-11)15-19-20-16(23-15)24-9-14(22)18-12-6-1-2-7-13(12)21/h1-8,21H,9H2,(H,18,22). The monoisotopic (exact) mass is 405 g/mol. The average molecular weight is 406 g/mol. The summed E-state index contributed by atoms with van der Waals surface area (Å²) < 4.78 is 6.45. The third kappa shape index (κ3) is 4.15. The molecule has 0 aliphatic heterocycles. The number of amides is 1. The number of carbonyl (C=O) groups is 1. The maximum atomic E-state index is 11.9. The number of phenolic OH excluding ortho intramolecular Hbond substituents is 1. The van der Waals surface area contributed by atoms with E-state index in [-0.39, 0.29) is 17.4 Å². The minimum atomic E-state index is -0.274. The number of phenols is 1. The number of aromatic hydroxyl groups is 1. The maximum Gasteiger partial charge on any atom is 0.277 e. The van der Waals surface area contributed by atoms with Crippen molar-refractivity contribution in [2.45, 2.75) is 5.22 Å². The highest BCUT2D eigenvalue weighted by Gasteiger charge is 2.12. The fraction of sp³-hybridized carbons (Fsp3) is 0.0625. The molecule has 6 nitrogen and oxygen atoms in total. The molecule has 0 aliphatic carbocycles. The zero-order valence-corrected chi connectivity index (χ0v) is 14.7. The van der Waals surface area contributed by atoms with Gasteiger partial charge < -0.3 is 14.8 Å². The number of nitrogens with one attached hydrogen (secondary N) is 1. The molecule has 0 saturated carbocycles. The van der Waals surface area contributed by atoms with Crippen LogP contribution in [-0.4, -0.2) is 27.0 Å². The molecule has 0 saturated heterocycles. The average Bonchev–Trinajstić information content (AvgIpc) is 3.04. The molecular formula is C16H12BrN3O3S. The second-order valence-electron chi connectivity index (χ2n) is 4.74. The number of carbonyl (C=O) groups excluding carboxylic acids is 1. The number of anilines is 1. The Balaban J connectivity index is 1.59. The molecule has 0 aliphatic rings. The molecule has 1 heterocycles. The molecule has 1 aromatic heterocycles. The van der Waals surface area contributed by atoms with Crippen molar-refractivity contribution in [3.63, 3.8) is 0 Å². The fourth-order valence-corrected chi connectivity index (χ4v) is 2.86. The molecule has 2 aromatic carbocycles. The quantitative estimate of drug-likeness (QED) is 0.493. The second kappa shape index (κ2) is 7.50. The number of rotatable bonds is 5. The van der Waals surface area contributed by atoms with E-state index in [1.54, 1.807) is 18.2 Å². The van der Waals surface area contributed by atoms with Gasteiger partial charge in [0.2, 0.25) is 11.8 Å². The van der Waals surface area contributed by atoms with E-state index >= 15 is 0 Å². The summed E-state index contributed by atoms with van der Waals surface area (Å²) in [7, 11) is 0. The lowest BCUT2D eigenvalue weighted by molar-refractivity contribution is -0.113. The van der Waals surface area contributed by atoms with Crippen LogP contribution in [0.3, 0.4) is 0 Å². The SMILES string of the molecule is O=C(CSc1nnc(-c2cccc(Br)c2)o1)Nc1ccccc1O. The highest BCUT2D eigenvalue weighted by atomic mass is 79.9. The molecular weight excluding hydrogens is 394 g/mol. The van der Waals surface area contributed by atoms with E-state index in [4.69, 9.17) is 4.42 Å². The summed E-state index contributed by atoms with van der Waals surface area (Å²) in [4.78, 5) is 11.9. The van der Waals surface area contributed by atoms with Gasteiger partial charge >= 0.3 is 0 Å². The normalized spacial score (nSPS) is 10.5. The van der Waals surface area contributed by atoms with Crippen LogP contribution in [0.5, 0.6) is 5.75 Å². The summed E-state index contributed by atoms with van der Waals surface area (Å²) >= 11 is 4.51. The summed E-state index contributed by atoms with van der Waals surface area (Å²) in [5.41, 5.74) is 1.16. The topological polar surface area (TPSA) is 88.2 Å². The first-order valence-electron chi connectivity index (χ1n) is 6.92. The van der Waals surface area contributed by atoms with Crippen molar-refractivity contribution in [3.8, 4) is 17.2 Å². The molecule has 24 heavy (non-hydrogen) atoms. The van der Waals surface area contributed by atoms with Crippen molar-refractivity contribution in [2.75, 3.05) is 11.1 Å². The minimum absolute atomic E-state index is 0.0191. The number of aromatic nitrogens is 2. The van der Waals surface area contributed by atoms with Crippen molar-refractivity contribution in [2.24, 2.45) is 0 Å². The van der Waals surface area contributed by atoms with Gasteiger partial charge in [0.15, 0.2) is 0 Å². The molecule has 122 valence electrons. The summed E-state index contributed by atoms with van der Waals surface area (Å²) in [6, 6.07) is 14.0. The van der Waals surface area contributed by atoms with Crippen molar-refractivity contribution >= 4 is 39.3 Å². The van der Waals surface area contributed by atoms with Gasteiger partial charge in [-0.05, 0) is 30.3 Å². The van der Waals surface area contributed by atoms with E-state index < -0.39 is 0 Å². The van der Waals surface area contributed by atoms with Gasteiger partial charge in [0.1, 0.15) is 5.75 Å². The van der Waals surface area contributed by atoms with E-state index in [1.807, 2.05) is 24.3 Å². The van der Waals surface area contributed by atoms with E-state index in [0.717, 1.165) is 21.8 Å². The van der Waals surface area contributed by atoms with E-state index in [1.165, 1.54) is 6.07 Å². The Bertz CT molecular complexity index is 869. The van der Waals surface area contributed by atoms with Crippen LogP contribution in [0.25, 0.3) is 11.5 Å². The maximum absolute atomic E-state index is 11.9. The third-order valence-electron chi connectivity index (χ3n) is 2.98. The molecule has 2 N–H and O–H groups in total. The zero-order chi connectivity index (χ0) is 16.9. The van der Waals surface area contributed by atoms with Crippen molar-refractivity contribution in [3.05, 3.63) is 53.0 Å². The van der Waals surface area contributed by atoms with Gasteiger partial charge in [0, 0.05) is 10.0 Å². The van der Waals surface area contributed by atoms with E-state index in [9.17, 15) is 9.90 Å². The first-order valence-corrected chi connectivity index (χ1v) is 8.70. The number of hydrogen-bond acceptors (Lipinski definition) is 6. The Kier molecular flexibility index (Phi) is 5.17. The first kappa shape index (κ1) is 16.5. The number of thioether (sulfide) groups is 1. The predicted molar refractivity (Wildman–Crippen MR) is 94.9 cm³/mol. The Morgan fingerprint density at radius 2 is 2.04 bits per heavy atom. The molecule has 8 heteroatoms. The van der Waals surface area contributed by atoms with Gasteiger partial charge in [-0.1, -0.05) is 45.9 Å². The molecule has 0 spiro atoms. The van der Waals surface area contributed by atoms with Crippen molar-refractivity contribution < 1.29 is 14.3 Å². The Labute approximate surface area is 150 Å². The molecule has 0 unspecified atom stereocenters. The summed E-state index contributed by atoms with van der Waals surface area (Å²) in [5.74, 6) is 0.225. The van der Waals surface area contributed by atoms with Crippen molar-refractivity contribution in [1.29, 1.82) is 0 Å². The van der Waals surface area contributed by atoms with Crippen LogP contribution in [0, 0.1) is 0 Å². The zero-order valence-electron chi connectivity index (χ0n) is 12.3. The van der Waals surface area contributed by atoms with Gasteiger partial charge in [0.25, 0.3) is 5.22 Å². The lowest BCUT2D eigenvalue weighted by Gasteiger charge is -2.05. The highest BCUT2D eigenvalue weighted by molar-refractivity contribution is 9.10. The van der Waals surface area contributed by atoms with Crippen LogP contribution in [-0.2, 0) is 4.79 Å². The summed E-state index contributed by atoms with van der Waals surface area (Å²) in [5, 5.41) is 20.4. The molecule has 3 rings (SSSR count). The van der Waals surface area contributed by atoms with Crippen LogP contribution in [0.2, 0.25) is 0 Å². The Hall–Kier alpha value is -2.32. The second-order valence-corrected chi connectivity index (χ2v) is 6.58. The van der Waals surface area contributed by atoms with Crippen LogP contribution in [0.4, 0.5) is 5.69 Å². The molecule has 0 radical (unpaired) electrons. The van der Waals surface area contributed by atoms with Crippen molar-refractivity contribution in [1.82, 2.24) is 10.2 Å². The molecule has 0 fully saturated rings. The molecule has 3 aromatic rings. The predicted octanol–water partition coefficient (Wildman–Crippen LogP) is 3.94. The Morgan fingerprint density at radius 1 is 1.21 bits per heavy atom. The number of benzene rings is 2. The van der Waals surface area contributed by atoms with Gasteiger partial charge in [-0.3, -0.25) is 4.79 Å². The number of halogens is 1. The lowest BCUT2D eigenvalue weighted by Crippen LogP contribution is -2.14. The number of hydrogen-bond donors (Lipinski definition) is 2. The third-order valence-corrected chi connectivity index (χ3v) is 4.29. The number of nitrogens with zero attached hydrogens (tertiary/aromatic N) is 2. The fourth-order valence-electron chi connectivity index (χ4n) is 1.90. The van der Waals surface area contributed by atoms with Crippen LogP contribution in [0.1, 0.15) is 0 Å². The van der Waals surface area contributed by atoms with E-state index in [2.05, 4.69) is 31.4 Å². The van der Waals surface area contributed by atoms with Crippen LogP contribution in [0.15, 0.2) is 62.6 Å². The largest absolute Gasteiger partial charge is 0.506 e.